The molecule has 9 nitrogen and oxygen atoms in total. The van der Waals surface area contributed by atoms with Crippen LogP contribution >= 0.6 is 0 Å². The fourth-order valence-electron chi connectivity index (χ4n) is 5.01. The molecule has 1 aliphatic heterocycles. The number of nitrogens with two attached hydrogens (primary N) is 1. The van der Waals surface area contributed by atoms with E-state index < -0.39 is 59.5 Å². The van der Waals surface area contributed by atoms with E-state index in [0.29, 0.717) is 19.6 Å². The van der Waals surface area contributed by atoms with Gasteiger partial charge in [-0.05, 0) is 46.5 Å². The SMILES string of the molecule is CC[C@H]1OC(=O)[C@H](C)[C@@H](O)[C@H](C)[C@@H](O)[C@](C)(O)C[C@@H](C)CN(CCN)[C@H](C)[C@@H](O)[C@]1(C)O. The third-order valence-corrected chi connectivity index (χ3v) is 7.19. The summed E-state index contributed by atoms with van der Waals surface area (Å²) < 4.78 is 5.55. The number of hydrogen-bond acceptors (Lipinski definition) is 9. The minimum absolute atomic E-state index is 0.0995. The molecule has 0 spiro atoms. The van der Waals surface area contributed by atoms with Gasteiger partial charge in [0.1, 0.15) is 17.8 Å². The molecule has 0 aliphatic carbocycles. The van der Waals surface area contributed by atoms with Gasteiger partial charge in [-0.1, -0.05) is 20.8 Å². The van der Waals surface area contributed by atoms with Gasteiger partial charge in [0.25, 0.3) is 0 Å². The Labute approximate surface area is 192 Å². The quantitative estimate of drug-likeness (QED) is 0.314. The van der Waals surface area contributed by atoms with Crippen molar-refractivity contribution in [2.45, 2.75) is 103 Å². The zero-order valence-electron chi connectivity index (χ0n) is 20.7. The maximum absolute atomic E-state index is 12.8. The zero-order valence-corrected chi connectivity index (χ0v) is 20.7. The lowest BCUT2D eigenvalue weighted by atomic mass is 9.78. The Morgan fingerprint density at radius 2 is 1.66 bits per heavy atom. The summed E-state index contributed by atoms with van der Waals surface area (Å²) in [5, 5.41) is 54.9. The van der Waals surface area contributed by atoms with Gasteiger partial charge in [0.15, 0.2) is 0 Å². The average Bonchev–Trinajstić information content (AvgIpc) is 2.72. The first kappa shape index (κ1) is 29.2. The second kappa shape index (κ2) is 11.6. The zero-order chi connectivity index (χ0) is 25.0. The number of aliphatic hydroxyl groups is 5. The molecule has 1 fully saturated rings. The minimum atomic E-state index is -1.75. The first-order chi connectivity index (χ1) is 14.6. The Morgan fingerprint density at radius 1 is 1.09 bits per heavy atom. The van der Waals surface area contributed by atoms with E-state index in [-0.39, 0.29) is 18.8 Å². The van der Waals surface area contributed by atoms with Gasteiger partial charge in [0, 0.05) is 31.6 Å². The summed E-state index contributed by atoms with van der Waals surface area (Å²) in [7, 11) is 0. The summed E-state index contributed by atoms with van der Waals surface area (Å²) >= 11 is 0. The number of carbonyl (C=O) groups excluding carboxylic acids is 1. The number of aliphatic hydroxyl groups excluding tert-OH is 3. The van der Waals surface area contributed by atoms with E-state index in [1.54, 1.807) is 20.8 Å². The molecule has 190 valence electrons. The van der Waals surface area contributed by atoms with Gasteiger partial charge in [-0.2, -0.15) is 0 Å². The first-order valence-electron chi connectivity index (χ1n) is 11.7. The summed E-state index contributed by atoms with van der Waals surface area (Å²) in [4.78, 5) is 14.7. The predicted octanol–water partition coefficient (Wildman–Crippen LogP) is -0.146. The van der Waals surface area contributed by atoms with Crippen molar-refractivity contribution in [1.29, 1.82) is 0 Å². The molecule has 0 unspecified atom stereocenters. The maximum atomic E-state index is 12.8. The van der Waals surface area contributed by atoms with E-state index in [9.17, 15) is 30.3 Å². The highest BCUT2D eigenvalue weighted by molar-refractivity contribution is 5.73. The van der Waals surface area contributed by atoms with E-state index in [1.165, 1.54) is 20.8 Å². The maximum Gasteiger partial charge on any atom is 0.311 e. The van der Waals surface area contributed by atoms with Crippen LogP contribution in [0.25, 0.3) is 0 Å². The highest BCUT2D eigenvalue weighted by atomic mass is 16.6. The van der Waals surface area contributed by atoms with Crippen LogP contribution in [0, 0.1) is 17.8 Å². The Morgan fingerprint density at radius 3 is 2.16 bits per heavy atom. The topological polar surface area (TPSA) is 157 Å². The van der Waals surface area contributed by atoms with E-state index in [2.05, 4.69) is 0 Å². The first-order valence-corrected chi connectivity index (χ1v) is 11.7. The molecule has 1 rings (SSSR count). The monoisotopic (exact) mass is 462 g/mol. The molecule has 0 saturated carbocycles. The Kier molecular flexibility index (Phi) is 10.5. The van der Waals surface area contributed by atoms with Crippen LogP contribution in [0.5, 0.6) is 0 Å². The number of nitrogens with zero attached hydrogens (tertiary/aromatic N) is 1. The second-order valence-corrected chi connectivity index (χ2v) is 10.3. The molecule has 0 amide bonds. The summed E-state index contributed by atoms with van der Waals surface area (Å²) in [6.45, 7) is 12.7. The Bertz CT molecular complexity index is 601. The lowest BCUT2D eigenvalue weighted by molar-refractivity contribution is -0.193. The standard InChI is InChI=1S/C23H46N2O7/c1-8-17-23(7,31)20(28)16(5)25(10-9-24)12-13(2)11-22(6,30)19(27)14(3)18(26)15(4)21(29)32-17/h13-20,26-28,30-31H,8-12,24H2,1-7H3/t13-,14+,15-,16-,17-,18+,19-,20-,22-,23-/m1/s1. The summed E-state index contributed by atoms with van der Waals surface area (Å²) in [5.74, 6) is -2.66. The molecule has 0 bridgehead atoms. The van der Waals surface area contributed by atoms with Crippen molar-refractivity contribution in [3.8, 4) is 0 Å². The molecule has 9 heteroatoms. The van der Waals surface area contributed by atoms with Crippen LogP contribution in [0.3, 0.4) is 0 Å². The number of esters is 1. The van der Waals surface area contributed by atoms with E-state index >= 15 is 0 Å². The van der Waals surface area contributed by atoms with Crippen LogP contribution in [0.1, 0.15) is 61.3 Å². The fraction of sp³-hybridized carbons (Fsp3) is 0.957. The van der Waals surface area contributed by atoms with Gasteiger partial charge in [-0.15, -0.1) is 0 Å². The molecular weight excluding hydrogens is 416 g/mol. The lowest BCUT2D eigenvalue weighted by Crippen LogP contribution is -2.60. The molecule has 32 heavy (non-hydrogen) atoms. The van der Waals surface area contributed by atoms with E-state index in [4.69, 9.17) is 10.5 Å². The van der Waals surface area contributed by atoms with Gasteiger partial charge in [0.05, 0.1) is 23.7 Å². The molecular formula is C23H46N2O7. The second-order valence-electron chi connectivity index (χ2n) is 10.3. The van der Waals surface area contributed by atoms with Crippen LogP contribution < -0.4 is 5.73 Å². The number of carbonyl (C=O) groups is 1. The van der Waals surface area contributed by atoms with Crippen molar-refractivity contribution < 1.29 is 35.1 Å². The van der Waals surface area contributed by atoms with Crippen molar-refractivity contribution in [3.05, 3.63) is 0 Å². The van der Waals surface area contributed by atoms with Crippen LogP contribution in [0.4, 0.5) is 0 Å². The largest absolute Gasteiger partial charge is 0.459 e. The summed E-state index contributed by atoms with van der Waals surface area (Å²) in [6, 6.07) is -0.523. The number of cyclic esters (lactones) is 1. The van der Waals surface area contributed by atoms with Crippen molar-refractivity contribution in [2.75, 3.05) is 19.6 Å². The number of rotatable bonds is 3. The molecule has 1 aliphatic rings. The van der Waals surface area contributed by atoms with Gasteiger partial charge in [0.2, 0.25) is 0 Å². The molecule has 0 aromatic heterocycles. The van der Waals surface area contributed by atoms with E-state index in [0.717, 1.165) is 0 Å². The van der Waals surface area contributed by atoms with Crippen molar-refractivity contribution >= 4 is 5.97 Å². The highest BCUT2D eigenvalue weighted by Gasteiger charge is 2.47. The van der Waals surface area contributed by atoms with Crippen molar-refractivity contribution in [3.63, 3.8) is 0 Å². The Hall–Kier alpha value is -0.810. The van der Waals surface area contributed by atoms with Gasteiger partial charge >= 0.3 is 5.97 Å². The van der Waals surface area contributed by atoms with Gasteiger partial charge in [-0.25, -0.2) is 0 Å². The smallest absolute Gasteiger partial charge is 0.311 e. The van der Waals surface area contributed by atoms with Crippen LogP contribution in [0.2, 0.25) is 0 Å². The number of ether oxygens (including phenoxy) is 1. The van der Waals surface area contributed by atoms with Gasteiger partial charge < -0.3 is 36.0 Å². The minimum Gasteiger partial charge on any atom is -0.459 e. The Balaban J connectivity index is 3.44. The van der Waals surface area contributed by atoms with Crippen molar-refractivity contribution in [2.24, 2.45) is 23.5 Å². The third-order valence-electron chi connectivity index (χ3n) is 7.19. The molecule has 0 aromatic rings. The normalized spacial score (nSPS) is 46.2. The molecule has 1 saturated heterocycles. The van der Waals surface area contributed by atoms with Crippen LogP contribution in [-0.4, -0.2) is 97.7 Å². The van der Waals surface area contributed by atoms with E-state index in [1.807, 2.05) is 11.8 Å². The fourth-order valence-corrected chi connectivity index (χ4v) is 5.01. The van der Waals surface area contributed by atoms with Crippen molar-refractivity contribution in [1.82, 2.24) is 4.90 Å². The highest BCUT2D eigenvalue weighted by Crippen LogP contribution is 2.32. The lowest BCUT2D eigenvalue weighted by Gasteiger charge is -2.43. The number of hydrogen-bond donors (Lipinski definition) is 6. The molecule has 10 atom stereocenters. The summed E-state index contributed by atoms with van der Waals surface area (Å²) in [6.07, 6.45) is -4.34. The average molecular weight is 463 g/mol. The van der Waals surface area contributed by atoms with Gasteiger partial charge in [-0.3, -0.25) is 9.69 Å². The third kappa shape index (κ3) is 6.62. The van der Waals surface area contributed by atoms with Crippen LogP contribution in [0.15, 0.2) is 0 Å². The molecule has 0 aromatic carbocycles. The van der Waals surface area contributed by atoms with Crippen LogP contribution in [-0.2, 0) is 9.53 Å². The predicted molar refractivity (Wildman–Crippen MR) is 122 cm³/mol. The molecule has 1 heterocycles. The molecule has 0 radical (unpaired) electrons. The summed E-state index contributed by atoms with van der Waals surface area (Å²) in [5.41, 5.74) is 2.52. The molecule has 7 N–H and O–H groups in total.